The molecule has 0 saturated carbocycles. The highest BCUT2D eigenvalue weighted by atomic mass is 35.5. The highest BCUT2D eigenvalue weighted by Gasteiger charge is 2.16. The number of halogens is 1. The SMILES string of the molecule is COc1cc(C)c([C@@H](C)Nc2ncc(C(N)=O)cc2Cl)cc1OC. The Bertz CT molecular complexity index is 765. The number of nitrogens with one attached hydrogen (secondary N) is 1. The van der Waals surface area contributed by atoms with Crippen molar-refractivity contribution in [1.82, 2.24) is 4.98 Å². The maximum atomic E-state index is 11.2. The average Bonchev–Trinajstić information content (AvgIpc) is 2.55. The summed E-state index contributed by atoms with van der Waals surface area (Å²) < 4.78 is 10.7. The molecule has 0 aliphatic rings. The van der Waals surface area contributed by atoms with E-state index >= 15 is 0 Å². The second-order valence-corrected chi connectivity index (χ2v) is 5.76. The van der Waals surface area contributed by atoms with Crippen LogP contribution in [0.5, 0.6) is 11.5 Å². The highest BCUT2D eigenvalue weighted by molar-refractivity contribution is 6.33. The molecule has 1 atom stereocenters. The number of nitrogens with two attached hydrogens (primary N) is 1. The van der Waals surface area contributed by atoms with Gasteiger partial charge in [0.1, 0.15) is 5.82 Å². The minimum Gasteiger partial charge on any atom is -0.493 e. The first-order chi connectivity index (χ1) is 11.4. The van der Waals surface area contributed by atoms with Crippen molar-refractivity contribution in [1.29, 1.82) is 0 Å². The number of primary amides is 1. The number of hydrogen-bond donors (Lipinski definition) is 2. The van der Waals surface area contributed by atoms with Crippen LogP contribution in [-0.2, 0) is 0 Å². The molecule has 6 nitrogen and oxygen atoms in total. The molecule has 0 aliphatic carbocycles. The van der Waals surface area contributed by atoms with Gasteiger partial charge in [0.25, 0.3) is 0 Å². The second-order valence-electron chi connectivity index (χ2n) is 5.35. The van der Waals surface area contributed by atoms with E-state index in [1.54, 1.807) is 14.2 Å². The van der Waals surface area contributed by atoms with E-state index < -0.39 is 5.91 Å². The van der Waals surface area contributed by atoms with E-state index in [-0.39, 0.29) is 11.6 Å². The lowest BCUT2D eigenvalue weighted by atomic mass is 10.0. The molecule has 7 heteroatoms. The largest absolute Gasteiger partial charge is 0.493 e. The van der Waals surface area contributed by atoms with Crippen molar-refractivity contribution in [3.63, 3.8) is 0 Å². The summed E-state index contributed by atoms with van der Waals surface area (Å²) in [7, 11) is 3.19. The van der Waals surface area contributed by atoms with Gasteiger partial charge in [-0.05, 0) is 43.2 Å². The second kappa shape index (κ2) is 7.40. The molecule has 0 radical (unpaired) electrons. The predicted octanol–water partition coefficient (Wildman–Crippen LogP) is 3.33. The van der Waals surface area contributed by atoms with E-state index in [4.69, 9.17) is 26.8 Å². The fraction of sp³-hybridized carbons (Fsp3) is 0.294. The molecule has 1 aromatic heterocycles. The van der Waals surface area contributed by atoms with Crippen LogP contribution in [0.25, 0.3) is 0 Å². The summed E-state index contributed by atoms with van der Waals surface area (Å²) in [6.07, 6.45) is 1.39. The van der Waals surface area contributed by atoms with Crippen LogP contribution in [0.4, 0.5) is 5.82 Å². The molecule has 0 spiro atoms. The molecule has 1 heterocycles. The van der Waals surface area contributed by atoms with Gasteiger partial charge in [0.05, 0.1) is 30.8 Å². The molecule has 3 N–H and O–H groups in total. The van der Waals surface area contributed by atoms with Crippen molar-refractivity contribution in [2.45, 2.75) is 19.9 Å². The van der Waals surface area contributed by atoms with Crippen molar-refractivity contribution in [2.24, 2.45) is 5.73 Å². The number of hydrogen-bond acceptors (Lipinski definition) is 5. The number of aryl methyl sites for hydroxylation is 1. The molecule has 128 valence electrons. The summed E-state index contributed by atoms with van der Waals surface area (Å²) in [5.41, 5.74) is 7.54. The first-order valence-electron chi connectivity index (χ1n) is 7.31. The summed E-state index contributed by atoms with van der Waals surface area (Å²) in [5, 5.41) is 3.56. The summed E-state index contributed by atoms with van der Waals surface area (Å²) in [5.74, 6) is 1.23. The van der Waals surface area contributed by atoms with Gasteiger partial charge in [-0.15, -0.1) is 0 Å². The van der Waals surface area contributed by atoms with Crippen LogP contribution in [0.2, 0.25) is 5.02 Å². The molecule has 24 heavy (non-hydrogen) atoms. The van der Waals surface area contributed by atoms with Crippen LogP contribution < -0.4 is 20.5 Å². The zero-order valence-electron chi connectivity index (χ0n) is 14.0. The van der Waals surface area contributed by atoms with Gasteiger partial charge in [-0.2, -0.15) is 0 Å². The van der Waals surface area contributed by atoms with Crippen LogP contribution in [0, 0.1) is 6.92 Å². The highest BCUT2D eigenvalue weighted by Crippen LogP contribution is 2.34. The van der Waals surface area contributed by atoms with Crippen molar-refractivity contribution >= 4 is 23.3 Å². The number of methoxy groups -OCH3 is 2. The quantitative estimate of drug-likeness (QED) is 0.835. The fourth-order valence-electron chi connectivity index (χ4n) is 2.42. The lowest BCUT2D eigenvalue weighted by Gasteiger charge is -2.20. The summed E-state index contributed by atoms with van der Waals surface area (Å²) in [6.45, 7) is 3.97. The molecular weight excluding hydrogens is 330 g/mol. The number of rotatable bonds is 6. The Labute approximate surface area is 145 Å². The van der Waals surface area contributed by atoms with Crippen LogP contribution in [-0.4, -0.2) is 25.1 Å². The monoisotopic (exact) mass is 349 g/mol. The molecule has 0 saturated heterocycles. The van der Waals surface area contributed by atoms with Crippen LogP contribution >= 0.6 is 11.6 Å². The normalized spacial score (nSPS) is 11.7. The van der Waals surface area contributed by atoms with E-state index in [1.807, 2.05) is 26.0 Å². The van der Waals surface area contributed by atoms with Gasteiger partial charge < -0.3 is 20.5 Å². The van der Waals surface area contributed by atoms with Crippen molar-refractivity contribution in [3.05, 3.63) is 46.1 Å². The number of nitrogens with zero attached hydrogens (tertiary/aromatic N) is 1. The summed E-state index contributed by atoms with van der Waals surface area (Å²) in [6, 6.07) is 5.23. The van der Waals surface area contributed by atoms with E-state index in [2.05, 4.69) is 10.3 Å². The van der Waals surface area contributed by atoms with E-state index in [0.29, 0.717) is 22.3 Å². The number of carbonyl (C=O) groups is 1. The average molecular weight is 350 g/mol. The molecule has 1 amide bonds. The predicted molar refractivity (Wildman–Crippen MR) is 94.1 cm³/mol. The van der Waals surface area contributed by atoms with Crippen LogP contribution in [0.15, 0.2) is 24.4 Å². The molecule has 2 aromatic rings. The molecule has 1 aromatic carbocycles. The Morgan fingerprint density at radius 1 is 1.25 bits per heavy atom. The lowest BCUT2D eigenvalue weighted by Crippen LogP contribution is -2.13. The fourth-order valence-corrected chi connectivity index (χ4v) is 2.65. The van der Waals surface area contributed by atoms with Gasteiger partial charge >= 0.3 is 0 Å². The Morgan fingerprint density at radius 3 is 2.42 bits per heavy atom. The molecular formula is C17H20ClN3O3. The van der Waals surface area contributed by atoms with Crippen LogP contribution in [0.1, 0.15) is 34.5 Å². The number of aromatic nitrogens is 1. The van der Waals surface area contributed by atoms with E-state index in [9.17, 15) is 4.79 Å². The number of benzene rings is 1. The van der Waals surface area contributed by atoms with Gasteiger partial charge in [0.2, 0.25) is 5.91 Å². The van der Waals surface area contributed by atoms with Gasteiger partial charge in [0.15, 0.2) is 11.5 Å². The van der Waals surface area contributed by atoms with Gasteiger partial charge in [-0.25, -0.2) is 4.98 Å². The number of amides is 1. The van der Waals surface area contributed by atoms with Crippen molar-refractivity contribution in [3.8, 4) is 11.5 Å². The third-order valence-corrected chi connectivity index (χ3v) is 4.01. The molecule has 0 unspecified atom stereocenters. The number of carbonyl (C=O) groups excluding carboxylic acids is 1. The number of anilines is 1. The summed E-state index contributed by atoms with van der Waals surface area (Å²) >= 11 is 6.17. The Hall–Kier alpha value is -2.47. The van der Waals surface area contributed by atoms with Crippen molar-refractivity contribution in [2.75, 3.05) is 19.5 Å². The lowest BCUT2D eigenvalue weighted by molar-refractivity contribution is 0.1000. The minimum atomic E-state index is -0.570. The van der Waals surface area contributed by atoms with E-state index in [0.717, 1.165) is 11.1 Å². The third kappa shape index (κ3) is 3.71. The first kappa shape index (κ1) is 17.9. The zero-order chi connectivity index (χ0) is 17.9. The van der Waals surface area contributed by atoms with E-state index in [1.165, 1.54) is 12.3 Å². The van der Waals surface area contributed by atoms with Gasteiger partial charge in [-0.3, -0.25) is 4.79 Å². The summed E-state index contributed by atoms with van der Waals surface area (Å²) in [4.78, 5) is 15.3. The standard InChI is InChI=1S/C17H20ClN3O3/c1-9-5-14(23-3)15(24-4)7-12(9)10(2)21-17-13(18)6-11(8-20-17)16(19)22/h5-8,10H,1-4H3,(H2,19,22)(H,20,21)/t10-/m1/s1. The maximum Gasteiger partial charge on any atom is 0.250 e. The Balaban J connectivity index is 2.30. The molecule has 0 bridgehead atoms. The molecule has 0 fully saturated rings. The third-order valence-electron chi connectivity index (χ3n) is 3.72. The minimum absolute atomic E-state index is 0.0887. The Kier molecular flexibility index (Phi) is 5.51. The topological polar surface area (TPSA) is 86.5 Å². The number of ether oxygens (including phenoxy) is 2. The first-order valence-corrected chi connectivity index (χ1v) is 7.69. The molecule has 2 rings (SSSR count). The molecule has 0 aliphatic heterocycles. The van der Waals surface area contributed by atoms with Crippen LogP contribution in [0.3, 0.4) is 0 Å². The Morgan fingerprint density at radius 2 is 1.88 bits per heavy atom. The van der Waals surface area contributed by atoms with Gasteiger partial charge in [-0.1, -0.05) is 11.6 Å². The van der Waals surface area contributed by atoms with Crippen molar-refractivity contribution < 1.29 is 14.3 Å². The van der Waals surface area contributed by atoms with Gasteiger partial charge in [0, 0.05) is 6.20 Å². The maximum absolute atomic E-state index is 11.2. The number of pyridine rings is 1. The smallest absolute Gasteiger partial charge is 0.250 e. The zero-order valence-corrected chi connectivity index (χ0v) is 14.8.